The van der Waals surface area contributed by atoms with E-state index in [1.807, 2.05) is 0 Å². The lowest BCUT2D eigenvalue weighted by molar-refractivity contribution is -0.150. The topological polar surface area (TPSA) is 55.4 Å². The summed E-state index contributed by atoms with van der Waals surface area (Å²) in [6.07, 6.45) is 0.873. The number of rotatable bonds is 2. The third kappa shape index (κ3) is 2.22. The Labute approximate surface area is 71.3 Å². The van der Waals surface area contributed by atoms with Gasteiger partial charge in [0, 0.05) is 6.42 Å². The molecule has 0 aromatic heterocycles. The van der Waals surface area contributed by atoms with Crippen LogP contribution >= 0.6 is 0 Å². The van der Waals surface area contributed by atoms with E-state index in [9.17, 15) is 9.59 Å². The first-order valence-corrected chi connectivity index (χ1v) is 4.09. The van der Waals surface area contributed by atoms with Gasteiger partial charge in [-0.25, -0.2) is 4.79 Å². The van der Waals surface area contributed by atoms with Gasteiger partial charge in [0.05, 0.1) is 6.10 Å². The molecule has 0 radical (unpaired) electrons. The first-order valence-electron chi connectivity index (χ1n) is 4.09. The third-order valence-electron chi connectivity index (χ3n) is 1.63. The first kappa shape index (κ1) is 9.03. The van der Waals surface area contributed by atoms with Crippen LogP contribution in [0.3, 0.4) is 0 Å². The van der Waals surface area contributed by atoms with Gasteiger partial charge in [0.15, 0.2) is 0 Å². The lowest BCUT2D eigenvalue weighted by atomic mass is 10.2. The highest BCUT2D eigenvalue weighted by atomic mass is 16.5. The lowest BCUT2D eigenvalue weighted by Crippen LogP contribution is -2.35. The van der Waals surface area contributed by atoms with Crippen molar-refractivity contribution in [2.24, 2.45) is 0 Å². The Balaban J connectivity index is 2.38. The summed E-state index contributed by atoms with van der Waals surface area (Å²) in [5.74, 6) is -0.392. The molecule has 12 heavy (non-hydrogen) atoms. The highest BCUT2D eigenvalue weighted by Gasteiger charge is 2.28. The van der Waals surface area contributed by atoms with E-state index in [4.69, 9.17) is 4.74 Å². The van der Waals surface area contributed by atoms with Crippen molar-refractivity contribution >= 4 is 11.9 Å². The van der Waals surface area contributed by atoms with Gasteiger partial charge in [0.25, 0.3) is 0 Å². The molecule has 1 aliphatic heterocycles. The fourth-order valence-corrected chi connectivity index (χ4v) is 1.11. The summed E-state index contributed by atoms with van der Waals surface area (Å²) >= 11 is 0. The Bertz CT molecular complexity index is 200. The number of ether oxygens (including phenoxy) is 1. The maximum atomic E-state index is 11.2. The molecule has 4 heteroatoms. The average molecular weight is 171 g/mol. The molecular formula is C8H13NO3. The van der Waals surface area contributed by atoms with Crippen LogP contribution in [-0.4, -0.2) is 24.0 Å². The van der Waals surface area contributed by atoms with Gasteiger partial charge in [0.2, 0.25) is 5.91 Å². The largest absolute Gasteiger partial charge is 0.461 e. The number of hydrogen-bond acceptors (Lipinski definition) is 3. The standard InChI is InChI=1S/C8H13NO3/c1-5(2)12-8(11)6-3-4-7(10)9-6/h5-6H,3-4H2,1-2H3,(H,9,10)/t6-/m1/s1. The minimum absolute atomic E-state index is 0.0688. The monoisotopic (exact) mass is 171 g/mol. The molecule has 1 aliphatic rings. The second-order valence-corrected chi connectivity index (χ2v) is 3.14. The maximum Gasteiger partial charge on any atom is 0.328 e. The van der Waals surface area contributed by atoms with Crippen molar-refractivity contribution in [3.63, 3.8) is 0 Å². The van der Waals surface area contributed by atoms with E-state index in [1.165, 1.54) is 0 Å². The van der Waals surface area contributed by atoms with Gasteiger partial charge in [-0.15, -0.1) is 0 Å². The van der Waals surface area contributed by atoms with Crippen molar-refractivity contribution in [1.29, 1.82) is 0 Å². The smallest absolute Gasteiger partial charge is 0.328 e. The van der Waals surface area contributed by atoms with Crippen molar-refractivity contribution in [3.05, 3.63) is 0 Å². The van der Waals surface area contributed by atoms with Crippen LogP contribution in [0, 0.1) is 0 Å². The molecule has 1 heterocycles. The molecule has 1 N–H and O–H groups in total. The van der Waals surface area contributed by atoms with E-state index in [0.717, 1.165) is 0 Å². The molecule has 68 valence electrons. The van der Waals surface area contributed by atoms with Crippen molar-refractivity contribution < 1.29 is 14.3 Å². The van der Waals surface area contributed by atoms with Crippen LogP contribution in [0.1, 0.15) is 26.7 Å². The predicted octanol–water partition coefficient (Wildman–Crippen LogP) is 0.217. The van der Waals surface area contributed by atoms with E-state index in [1.54, 1.807) is 13.8 Å². The first-order chi connectivity index (χ1) is 5.59. The molecular weight excluding hydrogens is 158 g/mol. The summed E-state index contributed by atoms with van der Waals surface area (Å²) in [6, 6.07) is -0.417. The molecule has 1 saturated heterocycles. The van der Waals surface area contributed by atoms with Gasteiger partial charge < -0.3 is 10.1 Å². The van der Waals surface area contributed by atoms with E-state index >= 15 is 0 Å². The van der Waals surface area contributed by atoms with Crippen molar-refractivity contribution in [2.75, 3.05) is 0 Å². The summed E-state index contributed by atoms with van der Waals surface area (Å²) in [6.45, 7) is 3.57. The van der Waals surface area contributed by atoms with Crippen LogP contribution < -0.4 is 5.32 Å². The van der Waals surface area contributed by atoms with E-state index in [-0.39, 0.29) is 18.0 Å². The summed E-state index contributed by atoms with van der Waals surface area (Å²) < 4.78 is 4.93. The Morgan fingerprint density at radius 1 is 1.67 bits per heavy atom. The zero-order valence-corrected chi connectivity index (χ0v) is 7.29. The fourth-order valence-electron chi connectivity index (χ4n) is 1.11. The highest BCUT2D eigenvalue weighted by Crippen LogP contribution is 2.08. The average Bonchev–Trinajstić information content (AvgIpc) is 2.34. The van der Waals surface area contributed by atoms with Gasteiger partial charge in [-0.05, 0) is 20.3 Å². The number of carbonyl (C=O) groups is 2. The van der Waals surface area contributed by atoms with Crippen molar-refractivity contribution in [3.8, 4) is 0 Å². The molecule has 1 fully saturated rings. The van der Waals surface area contributed by atoms with E-state index in [0.29, 0.717) is 12.8 Å². The molecule has 0 aliphatic carbocycles. The molecule has 0 aromatic carbocycles. The number of hydrogen-bond donors (Lipinski definition) is 1. The number of esters is 1. The van der Waals surface area contributed by atoms with Crippen molar-refractivity contribution in [2.45, 2.75) is 38.8 Å². The zero-order valence-electron chi connectivity index (χ0n) is 7.29. The van der Waals surface area contributed by atoms with Crippen LogP contribution in [0.2, 0.25) is 0 Å². The molecule has 0 bridgehead atoms. The predicted molar refractivity (Wildman–Crippen MR) is 42.4 cm³/mol. The Morgan fingerprint density at radius 2 is 2.33 bits per heavy atom. The Morgan fingerprint density at radius 3 is 2.75 bits per heavy atom. The summed E-state index contributed by atoms with van der Waals surface area (Å²) in [7, 11) is 0. The second kappa shape index (κ2) is 3.56. The molecule has 0 spiro atoms. The van der Waals surface area contributed by atoms with Crippen LogP contribution in [0.4, 0.5) is 0 Å². The van der Waals surface area contributed by atoms with E-state index in [2.05, 4.69) is 5.32 Å². The number of amides is 1. The molecule has 0 aromatic rings. The molecule has 1 atom stereocenters. The quantitative estimate of drug-likeness (QED) is 0.604. The van der Waals surface area contributed by atoms with Gasteiger partial charge >= 0.3 is 5.97 Å². The lowest BCUT2D eigenvalue weighted by Gasteiger charge is -2.12. The fraction of sp³-hybridized carbons (Fsp3) is 0.750. The summed E-state index contributed by atoms with van der Waals surface area (Å²) in [5, 5.41) is 2.55. The van der Waals surface area contributed by atoms with Gasteiger partial charge in [-0.1, -0.05) is 0 Å². The summed E-state index contributed by atoms with van der Waals surface area (Å²) in [5.41, 5.74) is 0. The third-order valence-corrected chi connectivity index (χ3v) is 1.63. The van der Waals surface area contributed by atoms with Crippen molar-refractivity contribution in [1.82, 2.24) is 5.32 Å². The summed E-state index contributed by atoms with van der Waals surface area (Å²) in [4.78, 5) is 21.9. The van der Waals surface area contributed by atoms with E-state index < -0.39 is 6.04 Å². The maximum absolute atomic E-state index is 11.2. The molecule has 0 unspecified atom stereocenters. The normalized spacial score (nSPS) is 22.6. The van der Waals surface area contributed by atoms with Crippen LogP contribution in [0.15, 0.2) is 0 Å². The number of carbonyl (C=O) groups excluding carboxylic acids is 2. The van der Waals surface area contributed by atoms with Crippen LogP contribution in [0.5, 0.6) is 0 Å². The van der Waals surface area contributed by atoms with Gasteiger partial charge in [0.1, 0.15) is 6.04 Å². The second-order valence-electron chi connectivity index (χ2n) is 3.14. The van der Waals surface area contributed by atoms with Gasteiger partial charge in [-0.3, -0.25) is 4.79 Å². The minimum atomic E-state index is -0.417. The molecule has 1 amide bonds. The van der Waals surface area contributed by atoms with Crippen LogP contribution in [-0.2, 0) is 14.3 Å². The minimum Gasteiger partial charge on any atom is -0.461 e. The Hall–Kier alpha value is -1.06. The highest BCUT2D eigenvalue weighted by molar-refractivity contribution is 5.88. The zero-order chi connectivity index (χ0) is 9.14. The molecule has 0 saturated carbocycles. The van der Waals surface area contributed by atoms with Crippen LogP contribution in [0.25, 0.3) is 0 Å². The SMILES string of the molecule is CC(C)OC(=O)[C@H]1CCC(=O)N1. The Kier molecular flexibility index (Phi) is 2.68. The molecule has 4 nitrogen and oxygen atoms in total. The number of nitrogens with one attached hydrogen (secondary N) is 1. The molecule has 1 rings (SSSR count). The van der Waals surface area contributed by atoms with Gasteiger partial charge in [-0.2, -0.15) is 0 Å².